The second-order valence-electron chi connectivity index (χ2n) is 8.92. The maximum atomic E-state index is 12.9. The highest BCUT2D eigenvalue weighted by Crippen LogP contribution is 2.30. The smallest absolute Gasteiger partial charge is 0.251 e. The van der Waals surface area contributed by atoms with Gasteiger partial charge in [0.1, 0.15) is 0 Å². The number of aromatic nitrogens is 2. The number of para-hydroxylation sites is 1. The SMILES string of the molecule is O=c1cc(-c2ccccc2NCc2ccc(-c3cccnc3)cc2)ccn1[C@H]1CCCC[C@@H]1O. The molecule has 1 fully saturated rings. The van der Waals surface area contributed by atoms with Gasteiger partial charge in [-0.25, -0.2) is 0 Å². The van der Waals surface area contributed by atoms with Crippen LogP contribution in [-0.2, 0) is 6.54 Å². The topological polar surface area (TPSA) is 67.2 Å². The molecule has 0 saturated heterocycles. The van der Waals surface area contributed by atoms with Gasteiger partial charge in [-0.15, -0.1) is 0 Å². The van der Waals surface area contributed by atoms with Gasteiger partial charge < -0.3 is 15.0 Å². The third-order valence-corrected chi connectivity index (χ3v) is 6.67. The average molecular weight is 452 g/mol. The lowest BCUT2D eigenvalue weighted by atomic mass is 9.92. The van der Waals surface area contributed by atoms with E-state index in [2.05, 4.69) is 40.6 Å². The predicted octanol–water partition coefficient (Wildman–Crippen LogP) is 5.67. The minimum Gasteiger partial charge on any atom is -0.391 e. The maximum absolute atomic E-state index is 12.9. The van der Waals surface area contributed by atoms with Crippen molar-refractivity contribution in [2.45, 2.75) is 44.4 Å². The number of nitrogens with one attached hydrogen (secondary N) is 1. The van der Waals surface area contributed by atoms with Gasteiger partial charge in [0.25, 0.3) is 5.56 Å². The largest absolute Gasteiger partial charge is 0.391 e. The summed E-state index contributed by atoms with van der Waals surface area (Å²) in [6.07, 6.45) is 8.71. The minimum absolute atomic E-state index is 0.0655. The number of hydrogen-bond acceptors (Lipinski definition) is 4. The van der Waals surface area contributed by atoms with Crippen molar-refractivity contribution in [3.63, 3.8) is 0 Å². The number of benzene rings is 2. The van der Waals surface area contributed by atoms with Crippen molar-refractivity contribution in [2.75, 3.05) is 5.32 Å². The molecule has 2 N–H and O–H groups in total. The number of rotatable bonds is 6. The Morgan fingerprint density at radius 2 is 1.74 bits per heavy atom. The Hall–Kier alpha value is -3.70. The second-order valence-corrected chi connectivity index (χ2v) is 8.92. The maximum Gasteiger partial charge on any atom is 0.251 e. The van der Waals surface area contributed by atoms with Crippen LogP contribution < -0.4 is 10.9 Å². The van der Waals surface area contributed by atoms with Crippen molar-refractivity contribution in [3.05, 3.63) is 107 Å². The molecule has 0 aliphatic heterocycles. The molecule has 1 aliphatic carbocycles. The highest BCUT2D eigenvalue weighted by atomic mass is 16.3. The fourth-order valence-corrected chi connectivity index (χ4v) is 4.78. The molecular formula is C29H29N3O2. The Balaban J connectivity index is 1.33. The third kappa shape index (κ3) is 4.80. The molecule has 2 aromatic carbocycles. The Morgan fingerprint density at radius 1 is 0.912 bits per heavy atom. The van der Waals surface area contributed by atoms with Crippen LogP contribution in [0.4, 0.5) is 5.69 Å². The van der Waals surface area contributed by atoms with Crippen LogP contribution in [0.2, 0.25) is 0 Å². The molecule has 5 rings (SSSR count). The summed E-state index contributed by atoms with van der Waals surface area (Å²) < 4.78 is 1.70. The van der Waals surface area contributed by atoms with Gasteiger partial charge in [0.2, 0.25) is 0 Å². The summed E-state index contributed by atoms with van der Waals surface area (Å²) in [6, 6.07) is 24.0. The zero-order valence-corrected chi connectivity index (χ0v) is 19.1. The van der Waals surface area contributed by atoms with Crippen molar-refractivity contribution in [1.82, 2.24) is 9.55 Å². The second kappa shape index (κ2) is 10.1. The van der Waals surface area contributed by atoms with Crippen molar-refractivity contribution in [1.29, 1.82) is 0 Å². The fraction of sp³-hybridized carbons (Fsp3) is 0.241. The van der Waals surface area contributed by atoms with Gasteiger partial charge in [-0.2, -0.15) is 0 Å². The molecule has 2 heterocycles. The fourth-order valence-electron chi connectivity index (χ4n) is 4.78. The van der Waals surface area contributed by atoms with Crippen molar-refractivity contribution in [3.8, 4) is 22.3 Å². The molecule has 5 nitrogen and oxygen atoms in total. The number of aliphatic hydroxyl groups is 1. The lowest BCUT2D eigenvalue weighted by Crippen LogP contribution is -2.34. The van der Waals surface area contributed by atoms with E-state index in [1.54, 1.807) is 16.8 Å². The summed E-state index contributed by atoms with van der Waals surface area (Å²) in [4.78, 5) is 17.1. The molecule has 5 heteroatoms. The van der Waals surface area contributed by atoms with Crippen molar-refractivity contribution < 1.29 is 5.11 Å². The molecule has 1 saturated carbocycles. The summed E-state index contributed by atoms with van der Waals surface area (Å²) >= 11 is 0. The van der Waals surface area contributed by atoms with Gasteiger partial charge in [-0.1, -0.05) is 61.4 Å². The van der Waals surface area contributed by atoms with E-state index in [4.69, 9.17) is 0 Å². The summed E-state index contributed by atoms with van der Waals surface area (Å²) in [5.74, 6) is 0. The quantitative estimate of drug-likeness (QED) is 0.397. The van der Waals surface area contributed by atoms with E-state index < -0.39 is 6.10 Å². The number of nitrogens with zero attached hydrogens (tertiary/aromatic N) is 2. The lowest BCUT2D eigenvalue weighted by molar-refractivity contribution is 0.0738. The molecule has 0 spiro atoms. The summed E-state index contributed by atoms with van der Waals surface area (Å²) in [5.41, 5.74) is 6.19. The van der Waals surface area contributed by atoms with Crippen LogP contribution in [-0.4, -0.2) is 20.8 Å². The summed E-state index contributed by atoms with van der Waals surface area (Å²) in [6.45, 7) is 0.676. The molecule has 0 unspecified atom stereocenters. The molecule has 2 atom stereocenters. The standard InChI is InChI=1S/C29H29N3O2/c33-28-10-4-3-9-27(28)32-17-15-23(18-29(32)34)25-7-1-2-8-26(25)31-19-21-11-13-22(14-12-21)24-6-5-16-30-20-24/h1-2,5-8,11-18,20,27-28,31,33H,3-4,9-10,19H2/t27-,28-/m0/s1. The average Bonchev–Trinajstić information content (AvgIpc) is 2.89. The van der Waals surface area contributed by atoms with Gasteiger partial charge in [0.15, 0.2) is 0 Å². The predicted molar refractivity (Wildman–Crippen MR) is 137 cm³/mol. The lowest BCUT2D eigenvalue weighted by Gasteiger charge is -2.29. The van der Waals surface area contributed by atoms with Gasteiger partial charge in [-0.3, -0.25) is 9.78 Å². The Morgan fingerprint density at radius 3 is 2.50 bits per heavy atom. The Labute approximate surface area is 199 Å². The first-order chi connectivity index (χ1) is 16.7. The number of pyridine rings is 2. The van der Waals surface area contributed by atoms with E-state index in [-0.39, 0.29) is 11.6 Å². The summed E-state index contributed by atoms with van der Waals surface area (Å²) in [7, 11) is 0. The number of anilines is 1. The van der Waals surface area contributed by atoms with Crippen LogP contribution in [0.5, 0.6) is 0 Å². The van der Waals surface area contributed by atoms with E-state index in [0.717, 1.165) is 53.6 Å². The van der Waals surface area contributed by atoms with Gasteiger partial charge in [-0.05, 0) is 53.3 Å². The molecule has 34 heavy (non-hydrogen) atoms. The molecule has 1 aliphatic rings. The van der Waals surface area contributed by atoms with E-state index in [0.29, 0.717) is 6.54 Å². The first-order valence-corrected chi connectivity index (χ1v) is 11.9. The Bertz CT molecular complexity index is 1300. The highest BCUT2D eigenvalue weighted by Gasteiger charge is 2.25. The van der Waals surface area contributed by atoms with Gasteiger partial charge in [0.05, 0.1) is 12.1 Å². The Kier molecular flexibility index (Phi) is 6.54. The minimum atomic E-state index is -0.448. The molecule has 172 valence electrons. The van der Waals surface area contributed by atoms with Crippen LogP contribution in [0.3, 0.4) is 0 Å². The van der Waals surface area contributed by atoms with Crippen molar-refractivity contribution in [2.24, 2.45) is 0 Å². The number of aliphatic hydroxyl groups excluding tert-OH is 1. The van der Waals surface area contributed by atoms with Crippen LogP contribution in [0.25, 0.3) is 22.3 Å². The monoisotopic (exact) mass is 451 g/mol. The first-order valence-electron chi connectivity index (χ1n) is 11.9. The van der Waals surface area contributed by atoms with Crippen LogP contribution in [0.1, 0.15) is 37.3 Å². The normalized spacial score (nSPS) is 17.9. The molecule has 2 aromatic heterocycles. The molecular weight excluding hydrogens is 422 g/mol. The van der Waals surface area contributed by atoms with E-state index in [1.165, 1.54) is 5.56 Å². The van der Waals surface area contributed by atoms with Gasteiger partial charge >= 0.3 is 0 Å². The van der Waals surface area contributed by atoms with Crippen molar-refractivity contribution >= 4 is 5.69 Å². The number of hydrogen-bond donors (Lipinski definition) is 2. The first kappa shape index (κ1) is 22.1. The highest BCUT2D eigenvalue weighted by molar-refractivity contribution is 5.77. The van der Waals surface area contributed by atoms with Gasteiger partial charge in [0, 0.05) is 42.5 Å². The zero-order chi connectivity index (χ0) is 23.3. The van der Waals surface area contributed by atoms with Crippen LogP contribution >= 0.6 is 0 Å². The summed E-state index contributed by atoms with van der Waals surface area (Å²) in [5, 5.41) is 13.9. The van der Waals surface area contributed by atoms with E-state index >= 15 is 0 Å². The molecule has 0 radical (unpaired) electrons. The zero-order valence-electron chi connectivity index (χ0n) is 19.1. The van der Waals surface area contributed by atoms with E-state index in [1.807, 2.05) is 48.8 Å². The van der Waals surface area contributed by atoms with Crippen LogP contribution in [0.15, 0.2) is 96.2 Å². The van der Waals surface area contributed by atoms with E-state index in [9.17, 15) is 9.90 Å². The molecule has 0 amide bonds. The molecule has 0 bridgehead atoms. The van der Waals surface area contributed by atoms with Crippen LogP contribution in [0, 0.1) is 0 Å². The molecule has 4 aromatic rings. The third-order valence-electron chi connectivity index (χ3n) is 6.67.